The Labute approximate surface area is 113 Å². The van der Waals surface area contributed by atoms with E-state index in [1.165, 1.54) is 6.07 Å². The maximum atomic E-state index is 10.7. The molecule has 1 saturated heterocycles. The molecule has 1 aromatic rings. The third-order valence-corrected chi connectivity index (χ3v) is 3.61. The first-order valence-electron chi connectivity index (χ1n) is 6.72. The van der Waals surface area contributed by atoms with Gasteiger partial charge in [-0.2, -0.15) is 0 Å². The van der Waals surface area contributed by atoms with Gasteiger partial charge < -0.3 is 10.1 Å². The van der Waals surface area contributed by atoms with Crippen molar-refractivity contribution in [1.29, 1.82) is 0 Å². The molecule has 1 heterocycles. The maximum Gasteiger partial charge on any atom is 0.269 e. The summed E-state index contributed by atoms with van der Waals surface area (Å²) in [6, 6.07) is 6.93. The van der Waals surface area contributed by atoms with Crippen molar-refractivity contribution in [3.05, 3.63) is 39.9 Å². The lowest BCUT2D eigenvalue weighted by Gasteiger charge is -2.15. The summed E-state index contributed by atoms with van der Waals surface area (Å²) in [6.07, 6.45) is 2.24. The monoisotopic (exact) mass is 264 g/mol. The Bertz CT molecular complexity index is 430. The van der Waals surface area contributed by atoms with Crippen LogP contribution in [0.15, 0.2) is 24.3 Å². The van der Waals surface area contributed by atoms with Gasteiger partial charge in [-0.1, -0.05) is 12.1 Å². The molecule has 1 aliphatic heterocycles. The number of rotatable bonds is 6. The maximum absolute atomic E-state index is 10.7. The molecule has 104 valence electrons. The normalized spacial score (nSPS) is 20.4. The van der Waals surface area contributed by atoms with Gasteiger partial charge in [0.15, 0.2) is 0 Å². The molecule has 0 amide bonds. The van der Waals surface area contributed by atoms with E-state index in [4.69, 9.17) is 4.74 Å². The zero-order valence-corrected chi connectivity index (χ0v) is 11.2. The zero-order valence-electron chi connectivity index (χ0n) is 11.2. The third-order valence-electron chi connectivity index (χ3n) is 3.61. The van der Waals surface area contributed by atoms with E-state index in [0.29, 0.717) is 5.92 Å². The Kier molecular flexibility index (Phi) is 4.87. The van der Waals surface area contributed by atoms with Crippen LogP contribution in [0.25, 0.3) is 0 Å². The predicted octanol–water partition coefficient (Wildman–Crippen LogP) is 2.67. The fourth-order valence-electron chi connectivity index (χ4n) is 2.34. The molecular weight excluding hydrogens is 244 g/mol. The Morgan fingerprint density at radius 1 is 1.58 bits per heavy atom. The minimum atomic E-state index is -0.355. The summed E-state index contributed by atoms with van der Waals surface area (Å²) in [7, 11) is 0. The van der Waals surface area contributed by atoms with Gasteiger partial charge >= 0.3 is 0 Å². The van der Waals surface area contributed by atoms with Crippen LogP contribution in [0.2, 0.25) is 0 Å². The fourth-order valence-corrected chi connectivity index (χ4v) is 2.34. The molecule has 1 N–H and O–H groups in total. The lowest BCUT2D eigenvalue weighted by atomic mass is 10.0. The SMILES string of the molecule is CC(NCCC1CCOC1)c1cccc([N+](=O)[O-])c1. The van der Waals surface area contributed by atoms with E-state index < -0.39 is 0 Å². The number of hydrogen-bond acceptors (Lipinski definition) is 4. The molecule has 2 unspecified atom stereocenters. The molecule has 0 spiro atoms. The van der Waals surface area contributed by atoms with Crippen molar-refractivity contribution in [3.8, 4) is 0 Å². The molecule has 1 aromatic carbocycles. The van der Waals surface area contributed by atoms with Crippen molar-refractivity contribution >= 4 is 5.69 Å². The molecule has 0 saturated carbocycles. The topological polar surface area (TPSA) is 64.4 Å². The summed E-state index contributed by atoms with van der Waals surface area (Å²) >= 11 is 0. The Balaban J connectivity index is 1.83. The van der Waals surface area contributed by atoms with E-state index in [1.807, 2.05) is 13.0 Å². The van der Waals surface area contributed by atoms with Gasteiger partial charge in [-0.05, 0) is 37.8 Å². The summed E-state index contributed by atoms with van der Waals surface area (Å²) in [6.45, 7) is 4.69. The number of ether oxygens (including phenoxy) is 1. The molecule has 0 radical (unpaired) electrons. The van der Waals surface area contributed by atoms with E-state index in [9.17, 15) is 10.1 Å². The van der Waals surface area contributed by atoms with Crippen LogP contribution < -0.4 is 5.32 Å². The molecular formula is C14H20N2O3. The van der Waals surface area contributed by atoms with Crippen molar-refractivity contribution in [2.75, 3.05) is 19.8 Å². The lowest BCUT2D eigenvalue weighted by Crippen LogP contribution is -2.22. The third kappa shape index (κ3) is 4.01. The van der Waals surface area contributed by atoms with Gasteiger partial charge in [-0.15, -0.1) is 0 Å². The summed E-state index contributed by atoms with van der Waals surface area (Å²) < 4.78 is 5.34. The average Bonchev–Trinajstić information content (AvgIpc) is 2.92. The number of nitrogens with one attached hydrogen (secondary N) is 1. The summed E-state index contributed by atoms with van der Waals surface area (Å²) in [4.78, 5) is 10.4. The van der Waals surface area contributed by atoms with Gasteiger partial charge in [0.05, 0.1) is 4.92 Å². The van der Waals surface area contributed by atoms with Gasteiger partial charge in [-0.25, -0.2) is 0 Å². The molecule has 2 rings (SSSR count). The second kappa shape index (κ2) is 6.63. The van der Waals surface area contributed by atoms with Gasteiger partial charge in [0, 0.05) is 31.4 Å². The molecule has 2 atom stereocenters. The van der Waals surface area contributed by atoms with Crippen molar-refractivity contribution < 1.29 is 9.66 Å². The fraction of sp³-hybridized carbons (Fsp3) is 0.571. The number of hydrogen-bond donors (Lipinski definition) is 1. The summed E-state index contributed by atoms with van der Waals surface area (Å²) in [5, 5.41) is 14.1. The number of benzene rings is 1. The Morgan fingerprint density at radius 3 is 3.11 bits per heavy atom. The first-order valence-corrected chi connectivity index (χ1v) is 6.72. The smallest absolute Gasteiger partial charge is 0.269 e. The molecule has 0 aliphatic carbocycles. The molecule has 5 nitrogen and oxygen atoms in total. The van der Waals surface area contributed by atoms with E-state index in [1.54, 1.807) is 12.1 Å². The highest BCUT2D eigenvalue weighted by molar-refractivity contribution is 5.35. The van der Waals surface area contributed by atoms with Crippen molar-refractivity contribution in [2.24, 2.45) is 5.92 Å². The van der Waals surface area contributed by atoms with Crippen LogP contribution in [0.1, 0.15) is 31.4 Å². The number of nitro groups is 1. The van der Waals surface area contributed by atoms with Gasteiger partial charge in [0.2, 0.25) is 0 Å². The number of non-ortho nitro benzene ring substituents is 1. The first kappa shape index (κ1) is 14.0. The van der Waals surface area contributed by atoms with Crippen molar-refractivity contribution in [3.63, 3.8) is 0 Å². The van der Waals surface area contributed by atoms with E-state index in [-0.39, 0.29) is 16.7 Å². The molecule has 1 fully saturated rings. The minimum absolute atomic E-state index is 0.127. The van der Waals surface area contributed by atoms with Crippen LogP contribution in [-0.2, 0) is 4.74 Å². The van der Waals surface area contributed by atoms with Gasteiger partial charge in [-0.3, -0.25) is 10.1 Å². The molecule has 1 aliphatic rings. The van der Waals surface area contributed by atoms with Crippen LogP contribution >= 0.6 is 0 Å². The lowest BCUT2D eigenvalue weighted by molar-refractivity contribution is -0.384. The second-order valence-corrected chi connectivity index (χ2v) is 5.05. The largest absolute Gasteiger partial charge is 0.381 e. The molecule has 19 heavy (non-hydrogen) atoms. The van der Waals surface area contributed by atoms with Crippen LogP contribution in [-0.4, -0.2) is 24.7 Å². The first-order chi connectivity index (χ1) is 9.16. The highest BCUT2D eigenvalue weighted by atomic mass is 16.6. The van der Waals surface area contributed by atoms with E-state index in [0.717, 1.165) is 38.2 Å². The van der Waals surface area contributed by atoms with Gasteiger partial charge in [0.25, 0.3) is 5.69 Å². The number of nitro benzene ring substituents is 1. The summed E-state index contributed by atoms with van der Waals surface area (Å²) in [5.41, 5.74) is 1.10. The van der Waals surface area contributed by atoms with Crippen LogP contribution in [0.5, 0.6) is 0 Å². The van der Waals surface area contributed by atoms with E-state index >= 15 is 0 Å². The van der Waals surface area contributed by atoms with Crippen molar-refractivity contribution in [2.45, 2.75) is 25.8 Å². The van der Waals surface area contributed by atoms with Crippen LogP contribution in [0.4, 0.5) is 5.69 Å². The van der Waals surface area contributed by atoms with Crippen LogP contribution in [0.3, 0.4) is 0 Å². The Morgan fingerprint density at radius 2 is 2.42 bits per heavy atom. The number of nitrogens with zero attached hydrogens (tertiary/aromatic N) is 1. The molecule has 5 heteroatoms. The molecule has 0 aromatic heterocycles. The zero-order chi connectivity index (χ0) is 13.7. The Hall–Kier alpha value is -1.46. The van der Waals surface area contributed by atoms with Gasteiger partial charge in [0.1, 0.15) is 0 Å². The van der Waals surface area contributed by atoms with E-state index in [2.05, 4.69) is 5.32 Å². The highest BCUT2D eigenvalue weighted by Crippen LogP contribution is 2.20. The van der Waals surface area contributed by atoms with Crippen LogP contribution in [0, 0.1) is 16.0 Å². The highest BCUT2D eigenvalue weighted by Gasteiger charge is 2.16. The van der Waals surface area contributed by atoms with Crippen molar-refractivity contribution in [1.82, 2.24) is 5.32 Å². The summed E-state index contributed by atoms with van der Waals surface area (Å²) in [5.74, 6) is 0.657. The standard InChI is InChI=1S/C14H20N2O3/c1-11(15-7-5-12-6-8-19-10-12)13-3-2-4-14(9-13)16(17)18/h2-4,9,11-12,15H,5-8,10H2,1H3. The average molecular weight is 264 g/mol. The second-order valence-electron chi connectivity index (χ2n) is 5.05. The predicted molar refractivity (Wildman–Crippen MR) is 73.1 cm³/mol. The molecule has 0 bridgehead atoms. The minimum Gasteiger partial charge on any atom is -0.381 e. The quantitative estimate of drug-likeness (QED) is 0.633.